The lowest BCUT2D eigenvalue weighted by atomic mass is 10.2. The molecule has 8 nitrogen and oxygen atoms in total. The SMILES string of the molecule is COCCOC(=O)c1ccc(N)cc1.O=C(O)C(=O)O. The number of methoxy groups -OCH3 is 1. The molecule has 0 atom stereocenters. The van der Waals surface area contributed by atoms with Crippen molar-refractivity contribution >= 4 is 23.6 Å². The Morgan fingerprint density at radius 1 is 1.05 bits per heavy atom. The number of nitrogens with two attached hydrogens (primary N) is 1. The van der Waals surface area contributed by atoms with E-state index in [1.54, 1.807) is 31.4 Å². The van der Waals surface area contributed by atoms with Crippen molar-refractivity contribution in [3.8, 4) is 0 Å². The molecule has 0 bridgehead atoms. The average Bonchev–Trinajstić information content (AvgIpc) is 2.40. The molecule has 0 spiro atoms. The van der Waals surface area contributed by atoms with Gasteiger partial charge in [-0.25, -0.2) is 14.4 Å². The summed E-state index contributed by atoms with van der Waals surface area (Å²) in [6.07, 6.45) is 0. The summed E-state index contributed by atoms with van der Waals surface area (Å²) in [7, 11) is 1.55. The van der Waals surface area contributed by atoms with E-state index in [0.717, 1.165) is 0 Å². The van der Waals surface area contributed by atoms with Crippen LogP contribution in [0.15, 0.2) is 24.3 Å². The van der Waals surface area contributed by atoms with E-state index in [1.165, 1.54) is 0 Å². The van der Waals surface area contributed by atoms with Crippen LogP contribution >= 0.6 is 0 Å². The first-order valence-electron chi connectivity index (χ1n) is 5.36. The summed E-state index contributed by atoms with van der Waals surface area (Å²) in [6, 6.07) is 6.58. The molecule has 110 valence electrons. The lowest BCUT2D eigenvalue weighted by molar-refractivity contribution is -0.159. The number of esters is 1. The molecule has 0 saturated heterocycles. The fourth-order valence-electron chi connectivity index (χ4n) is 0.920. The van der Waals surface area contributed by atoms with E-state index in [1.807, 2.05) is 0 Å². The second kappa shape index (κ2) is 9.34. The summed E-state index contributed by atoms with van der Waals surface area (Å²) in [5, 5.41) is 14.8. The van der Waals surface area contributed by atoms with Gasteiger partial charge in [0.15, 0.2) is 0 Å². The molecule has 8 heteroatoms. The van der Waals surface area contributed by atoms with Crippen LogP contribution in [0.4, 0.5) is 5.69 Å². The molecule has 0 fully saturated rings. The van der Waals surface area contributed by atoms with Gasteiger partial charge in [0.2, 0.25) is 0 Å². The summed E-state index contributed by atoms with van der Waals surface area (Å²) < 4.78 is 9.65. The van der Waals surface area contributed by atoms with Crippen molar-refractivity contribution < 1.29 is 34.1 Å². The van der Waals surface area contributed by atoms with E-state index in [-0.39, 0.29) is 12.6 Å². The molecular formula is C12H15NO7. The second-order valence-electron chi connectivity index (χ2n) is 3.36. The molecule has 0 aromatic heterocycles. The van der Waals surface area contributed by atoms with Crippen molar-refractivity contribution in [2.75, 3.05) is 26.1 Å². The maximum Gasteiger partial charge on any atom is 0.414 e. The first kappa shape index (κ1) is 17.4. The number of aliphatic carboxylic acids is 2. The van der Waals surface area contributed by atoms with Crippen LogP contribution in [0.2, 0.25) is 0 Å². The highest BCUT2D eigenvalue weighted by atomic mass is 16.6. The molecule has 0 saturated carbocycles. The Labute approximate surface area is 114 Å². The van der Waals surface area contributed by atoms with Crippen molar-refractivity contribution in [1.29, 1.82) is 0 Å². The number of nitrogen functional groups attached to an aromatic ring is 1. The quantitative estimate of drug-likeness (QED) is 0.309. The van der Waals surface area contributed by atoms with E-state index in [9.17, 15) is 4.79 Å². The number of carbonyl (C=O) groups is 3. The Bertz CT molecular complexity index is 443. The largest absolute Gasteiger partial charge is 0.473 e. The molecule has 1 rings (SSSR count). The third kappa shape index (κ3) is 7.67. The molecule has 1 aromatic rings. The van der Waals surface area contributed by atoms with Crippen molar-refractivity contribution in [1.82, 2.24) is 0 Å². The van der Waals surface area contributed by atoms with Gasteiger partial charge < -0.3 is 25.4 Å². The molecule has 0 radical (unpaired) electrons. The van der Waals surface area contributed by atoms with Crippen LogP contribution in [0.1, 0.15) is 10.4 Å². The molecule has 20 heavy (non-hydrogen) atoms. The molecule has 4 N–H and O–H groups in total. The van der Waals surface area contributed by atoms with Gasteiger partial charge in [-0.2, -0.15) is 0 Å². The van der Waals surface area contributed by atoms with Crippen LogP contribution < -0.4 is 5.73 Å². The van der Waals surface area contributed by atoms with Gasteiger partial charge >= 0.3 is 17.9 Å². The number of hydrogen-bond acceptors (Lipinski definition) is 6. The second-order valence-corrected chi connectivity index (χ2v) is 3.36. The maximum absolute atomic E-state index is 11.3. The van der Waals surface area contributed by atoms with Crippen LogP contribution in [0.5, 0.6) is 0 Å². The summed E-state index contributed by atoms with van der Waals surface area (Å²) in [6.45, 7) is 0.667. The highest BCUT2D eigenvalue weighted by Gasteiger charge is 2.05. The normalized spacial score (nSPS) is 9.05. The summed E-state index contributed by atoms with van der Waals surface area (Å²) in [4.78, 5) is 29.5. The fraction of sp³-hybridized carbons (Fsp3) is 0.250. The van der Waals surface area contributed by atoms with E-state index >= 15 is 0 Å². The summed E-state index contributed by atoms with van der Waals surface area (Å²) >= 11 is 0. The Balaban J connectivity index is 0.000000511. The Hall–Kier alpha value is -2.61. The lowest BCUT2D eigenvalue weighted by Gasteiger charge is -2.03. The van der Waals surface area contributed by atoms with Gasteiger partial charge in [0.1, 0.15) is 6.61 Å². The highest BCUT2D eigenvalue weighted by Crippen LogP contribution is 2.06. The maximum atomic E-state index is 11.3. The van der Waals surface area contributed by atoms with Crippen LogP contribution in [-0.2, 0) is 19.1 Å². The van der Waals surface area contributed by atoms with Gasteiger partial charge in [-0.15, -0.1) is 0 Å². The molecule has 0 unspecified atom stereocenters. The third-order valence-electron chi connectivity index (χ3n) is 1.85. The minimum Gasteiger partial charge on any atom is -0.473 e. The predicted octanol–water partition coefficient (Wildman–Crippen LogP) is 0.228. The van der Waals surface area contributed by atoms with Crippen molar-refractivity contribution in [2.45, 2.75) is 0 Å². The topological polar surface area (TPSA) is 136 Å². The Morgan fingerprint density at radius 3 is 1.95 bits per heavy atom. The molecular weight excluding hydrogens is 270 g/mol. The molecule has 0 aliphatic carbocycles. The van der Waals surface area contributed by atoms with Crippen molar-refractivity contribution in [3.05, 3.63) is 29.8 Å². The van der Waals surface area contributed by atoms with Crippen LogP contribution in [0.3, 0.4) is 0 Å². The van der Waals surface area contributed by atoms with Crippen molar-refractivity contribution in [2.24, 2.45) is 0 Å². The Morgan fingerprint density at radius 2 is 1.55 bits per heavy atom. The van der Waals surface area contributed by atoms with Crippen LogP contribution in [0.25, 0.3) is 0 Å². The van der Waals surface area contributed by atoms with Crippen LogP contribution in [-0.4, -0.2) is 48.4 Å². The van der Waals surface area contributed by atoms with Gasteiger partial charge in [0.05, 0.1) is 12.2 Å². The first-order valence-corrected chi connectivity index (χ1v) is 5.36. The summed E-state index contributed by atoms with van der Waals surface area (Å²) in [5.41, 5.74) is 6.60. The third-order valence-corrected chi connectivity index (χ3v) is 1.85. The Kier molecular flexibility index (Phi) is 8.12. The van der Waals surface area contributed by atoms with E-state index in [2.05, 4.69) is 0 Å². The molecule has 0 aliphatic rings. The van der Waals surface area contributed by atoms with E-state index < -0.39 is 11.9 Å². The fourth-order valence-corrected chi connectivity index (χ4v) is 0.920. The predicted molar refractivity (Wildman–Crippen MR) is 68.3 cm³/mol. The number of benzene rings is 1. The number of carboxylic acids is 2. The number of carbonyl (C=O) groups excluding carboxylic acids is 1. The zero-order valence-corrected chi connectivity index (χ0v) is 10.7. The number of ether oxygens (including phenoxy) is 2. The molecule has 1 aromatic carbocycles. The van der Waals surface area contributed by atoms with Gasteiger partial charge in [-0.05, 0) is 24.3 Å². The standard InChI is InChI=1S/C10H13NO3.C2H2O4/c1-13-6-7-14-10(12)8-2-4-9(11)5-3-8;3-1(4)2(5)6/h2-5H,6-7,11H2,1H3;(H,3,4)(H,5,6). The van der Waals surface area contributed by atoms with E-state index in [0.29, 0.717) is 17.9 Å². The molecule has 0 amide bonds. The first-order chi connectivity index (χ1) is 9.38. The van der Waals surface area contributed by atoms with Gasteiger partial charge in [0.25, 0.3) is 0 Å². The highest BCUT2D eigenvalue weighted by molar-refractivity contribution is 6.27. The number of anilines is 1. The van der Waals surface area contributed by atoms with Gasteiger partial charge in [0, 0.05) is 12.8 Å². The minimum absolute atomic E-state index is 0.264. The zero-order valence-electron chi connectivity index (χ0n) is 10.7. The lowest BCUT2D eigenvalue weighted by Crippen LogP contribution is -2.09. The summed E-state index contributed by atoms with van der Waals surface area (Å²) in [5.74, 6) is -4.01. The van der Waals surface area contributed by atoms with Gasteiger partial charge in [-0.1, -0.05) is 0 Å². The van der Waals surface area contributed by atoms with Crippen LogP contribution in [0, 0.1) is 0 Å². The number of rotatable bonds is 4. The minimum atomic E-state index is -1.82. The monoisotopic (exact) mass is 285 g/mol. The number of carboxylic acid groups (broad SMARTS) is 2. The zero-order chi connectivity index (χ0) is 15.5. The molecule has 0 aliphatic heterocycles. The van der Waals surface area contributed by atoms with E-state index in [4.69, 9.17) is 35.0 Å². The number of hydrogen-bond donors (Lipinski definition) is 3. The molecule has 0 heterocycles. The smallest absolute Gasteiger partial charge is 0.414 e. The van der Waals surface area contributed by atoms with Crippen molar-refractivity contribution in [3.63, 3.8) is 0 Å². The average molecular weight is 285 g/mol. The van der Waals surface area contributed by atoms with Gasteiger partial charge in [-0.3, -0.25) is 0 Å².